The second kappa shape index (κ2) is 13.4. The van der Waals surface area contributed by atoms with E-state index in [2.05, 4.69) is 36.9 Å². The molecule has 1 aliphatic heterocycles. The van der Waals surface area contributed by atoms with Crippen molar-refractivity contribution in [3.05, 3.63) is 60.3 Å². The number of hydrogen-bond donors (Lipinski definition) is 2. The first kappa shape index (κ1) is 33.2. The minimum Gasteiger partial charge on any atom is -0.444 e. The van der Waals surface area contributed by atoms with Crippen LogP contribution >= 0.6 is 0 Å². The van der Waals surface area contributed by atoms with E-state index in [1.807, 2.05) is 71.2 Å². The average molecular weight is 655 g/mol. The first-order valence-electron chi connectivity index (χ1n) is 16.7. The van der Waals surface area contributed by atoms with Gasteiger partial charge in [-0.05, 0) is 96.4 Å². The van der Waals surface area contributed by atoms with Gasteiger partial charge in [-0.2, -0.15) is 0 Å². The average Bonchev–Trinajstić information content (AvgIpc) is 3.69. The summed E-state index contributed by atoms with van der Waals surface area (Å²) in [5, 5.41) is 7.18. The summed E-state index contributed by atoms with van der Waals surface area (Å²) < 4.78 is 9.97. The van der Waals surface area contributed by atoms with Crippen LogP contribution in [0.4, 0.5) is 4.79 Å². The summed E-state index contributed by atoms with van der Waals surface area (Å²) in [6.07, 6.45) is 7.54. The summed E-state index contributed by atoms with van der Waals surface area (Å²) in [7, 11) is 5.84. The van der Waals surface area contributed by atoms with Gasteiger partial charge in [-0.3, -0.25) is 9.59 Å². The highest BCUT2D eigenvalue weighted by molar-refractivity contribution is 5.98. The van der Waals surface area contributed by atoms with Crippen molar-refractivity contribution in [1.29, 1.82) is 0 Å². The summed E-state index contributed by atoms with van der Waals surface area (Å²) in [5.41, 5.74) is 3.38. The number of imidazole rings is 1. The maximum atomic E-state index is 13.7. The van der Waals surface area contributed by atoms with Crippen LogP contribution in [0.1, 0.15) is 50.4 Å². The number of aromatic nitrogens is 4. The molecule has 1 aliphatic carbocycles. The molecular weight excluding hydrogens is 608 g/mol. The minimum atomic E-state index is -0.680. The molecule has 1 saturated carbocycles. The highest BCUT2D eigenvalue weighted by atomic mass is 16.6. The summed E-state index contributed by atoms with van der Waals surface area (Å²) in [6, 6.07) is 10.9. The number of aryl methyl sites for hydroxylation is 1. The molecule has 12 heteroatoms. The monoisotopic (exact) mass is 654 g/mol. The Morgan fingerprint density at radius 2 is 1.81 bits per heavy atom. The van der Waals surface area contributed by atoms with Crippen molar-refractivity contribution in [3.63, 3.8) is 0 Å². The largest absolute Gasteiger partial charge is 0.444 e. The number of likely N-dealkylation sites (tertiary alicyclic amines) is 1. The van der Waals surface area contributed by atoms with Crippen LogP contribution in [-0.4, -0.2) is 98.2 Å². The lowest BCUT2D eigenvalue weighted by atomic mass is 10.00. The molecule has 48 heavy (non-hydrogen) atoms. The summed E-state index contributed by atoms with van der Waals surface area (Å²) in [4.78, 5) is 52.6. The van der Waals surface area contributed by atoms with Crippen LogP contribution in [0.5, 0.6) is 0 Å². The van der Waals surface area contributed by atoms with Crippen molar-refractivity contribution in [2.45, 2.75) is 64.3 Å². The number of carbonyl (C=O) groups is 3. The summed E-state index contributed by atoms with van der Waals surface area (Å²) in [6.45, 7) is 7.51. The lowest BCUT2D eigenvalue weighted by molar-refractivity contribution is -0.117. The van der Waals surface area contributed by atoms with Crippen LogP contribution in [0.3, 0.4) is 0 Å². The Kier molecular flexibility index (Phi) is 9.28. The first-order valence-corrected chi connectivity index (χ1v) is 16.7. The lowest BCUT2D eigenvalue weighted by Gasteiger charge is -2.38. The molecule has 254 valence electrons. The number of rotatable bonds is 9. The fraction of sp³-hybridized carbons (Fsp3) is 0.472. The van der Waals surface area contributed by atoms with Gasteiger partial charge in [-0.25, -0.2) is 14.8 Å². The van der Waals surface area contributed by atoms with E-state index in [1.165, 1.54) is 18.9 Å². The topological polar surface area (TPSA) is 127 Å². The summed E-state index contributed by atoms with van der Waals surface area (Å²) >= 11 is 0. The zero-order chi connectivity index (χ0) is 34.2. The molecule has 2 N–H and O–H groups in total. The smallest absolute Gasteiger partial charge is 0.410 e. The van der Waals surface area contributed by atoms with Crippen LogP contribution in [-0.2, 0) is 23.1 Å². The van der Waals surface area contributed by atoms with E-state index < -0.39 is 17.7 Å². The van der Waals surface area contributed by atoms with Gasteiger partial charge in [0, 0.05) is 68.5 Å². The number of likely N-dealkylation sites (N-methyl/N-ethyl adjacent to an activating group) is 1. The Bertz CT molecular complexity index is 1860. The second-order valence-electron chi connectivity index (χ2n) is 14.4. The third-order valence-electron chi connectivity index (χ3n) is 8.69. The predicted octanol–water partition coefficient (Wildman–Crippen LogP) is 4.34. The third-order valence-corrected chi connectivity index (χ3v) is 8.69. The molecule has 2 aliphatic rings. The zero-order valence-corrected chi connectivity index (χ0v) is 28.7. The summed E-state index contributed by atoms with van der Waals surface area (Å²) in [5.74, 6) is 0.953. The van der Waals surface area contributed by atoms with Gasteiger partial charge < -0.3 is 34.3 Å². The molecule has 1 saturated heterocycles. The van der Waals surface area contributed by atoms with Crippen molar-refractivity contribution >= 4 is 40.0 Å². The lowest BCUT2D eigenvalue weighted by Crippen LogP contribution is -2.58. The van der Waals surface area contributed by atoms with Crippen molar-refractivity contribution < 1.29 is 19.1 Å². The third kappa shape index (κ3) is 7.70. The van der Waals surface area contributed by atoms with Gasteiger partial charge in [0.05, 0.1) is 16.7 Å². The van der Waals surface area contributed by atoms with Gasteiger partial charge in [0.1, 0.15) is 11.2 Å². The molecule has 0 bridgehead atoms. The predicted molar refractivity (Wildman–Crippen MR) is 185 cm³/mol. The van der Waals surface area contributed by atoms with Crippen molar-refractivity contribution in [1.82, 2.24) is 39.5 Å². The highest BCUT2D eigenvalue weighted by Gasteiger charge is 2.34. The molecule has 2 atom stereocenters. The number of benzene rings is 1. The van der Waals surface area contributed by atoms with E-state index in [1.54, 1.807) is 17.0 Å². The quantitative estimate of drug-likeness (QED) is 0.257. The maximum absolute atomic E-state index is 13.7. The van der Waals surface area contributed by atoms with Gasteiger partial charge >= 0.3 is 6.09 Å². The SMILES string of the molecule is CN(C)C/C=C/C(=O)N[C@@H]1C[C@H](NC(=O)c2ccc3c(c2)nc(-c2cc4cccnc4n2CC2CC2)n3C)CN(C(=O)OC(C)(C)C)C1. The van der Waals surface area contributed by atoms with Crippen molar-refractivity contribution in [2.75, 3.05) is 33.7 Å². The number of carbonyl (C=O) groups excluding carboxylic acids is 3. The number of pyridine rings is 1. The van der Waals surface area contributed by atoms with E-state index in [9.17, 15) is 14.4 Å². The molecule has 1 aromatic carbocycles. The molecular formula is C36H46N8O4. The fourth-order valence-electron chi connectivity index (χ4n) is 6.26. The molecule has 2 fully saturated rings. The van der Waals surface area contributed by atoms with Crippen LogP contribution in [0.2, 0.25) is 0 Å². The number of nitrogens with zero attached hydrogens (tertiary/aromatic N) is 6. The maximum Gasteiger partial charge on any atom is 0.410 e. The number of hydrogen-bond acceptors (Lipinski definition) is 7. The number of nitrogens with one attached hydrogen (secondary N) is 2. The van der Waals surface area contributed by atoms with Crippen LogP contribution in [0.25, 0.3) is 33.6 Å². The van der Waals surface area contributed by atoms with Crippen molar-refractivity contribution in [2.24, 2.45) is 13.0 Å². The molecule has 3 amide bonds. The van der Waals surface area contributed by atoms with E-state index in [0.29, 0.717) is 30.0 Å². The molecule has 0 spiro atoms. The van der Waals surface area contributed by atoms with Crippen molar-refractivity contribution in [3.8, 4) is 11.5 Å². The number of amides is 3. The number of piperidine rings is 1. The van der Waals surface area contributed by atoms with E-state index in [4.69, 9.17) is 9.72 Å². The minimum absolute atomic E-state index is 0.249. The Morgan fingerprint density at radius 1 is 1.06 bits per heavy atom. The first-order chi connectivity index (χ1) is 22.8. The molecule has 0 unspecified atom stereocenters. The standard InChI is InChI=1S/C36H46N8O4/c1-36(2,3)48-35(47)43-21-26(38-31(45)10-8-16-41(4)5)19-27(22-43)39-34(46)25-13-14-29-28(17-25)40-33(42(29)6)30-18-24-9-7-15-37-32(24)44(30)20-23-11-12-23/h7-10,13-15,17-18,23,26-27H,11-12,16,19-22H2,1-6H3,(H,38,45)(H,39,46)/b10-8+/t26-,27+/m1/s1. The van der Waals surface area contributed by atoms with E-state index in [-0.39, 0.29) is 30.9 Å². The van der Waals surface area contributed by atoms with Crippen LogP contribution in [0.15, 0.2) is 54.7 Å². The Labute approximate surface area is 281 Å². The van der Waals surface area contributed by atoms with Gasteiger partial charge in [0.2, 0.25) is 5.91 Å². The molecule has 0 radical (unpaired) electrons. The number of ether oxygens (including phenoxy) is 1. The molecule has 6 rings (SSSR count). The molecule has 4 heterocycles. The zero-order valence-electron chi connectivity index (χ0n) is 28.7. The van der Waals surface area contributed by atoms with E-state index >= 15 is 0 Å². The second-order valence-corrected chi connectivity index (χ2v) is 14.4. The normalized spacial score (nSPS) is 18.6. The molecule has 12 nitrogen and oxygen atoms in total. The van der Waals surface area contributed by atoms with Gasteiger partial charge in [0.25, 0.3) is 5.91 Å². The fourth-order valence-corrected chi connectivity index (χ4v) is 6.26. The Balaban J connectivity index is 1.22. The van der Waals surface area contributed by atoms with Crippen LogP contribution < -0.4 is 10.6 Å². The van der Waals surface area contributed by atoms with E-state index in [0.717, 1.165) is 34.6 Å². The van der Waals surface area contributed by atoms with Gasteiger partial charge in [-0.1, -0.05) is 6.08 Å². The van der Waals surface area contributed by atoms with Crippen LogP contribution in [0, 0.1) is 5.92 Å². The Hall–Kier alpha value is -4.71. The Morgan fingerprint density at radius 3 is 2.52 bits per heavy atom. The van der Waals surface area contributed by atoms with Gasteiger partial charge in [-0.15, -0.1) is 0 Å². The molecule has 4 aromatic rings. The number of fused-ring (bicyclic) bond motifs is 2. The molecule has 3 aromatic heterocycles. The van der Waals surface area contributed by atoms with Gasteiger partial charge in [0.15, 0.2) is 5.82 Å². The highest BCUT2D eigenvalue weighted by Crippen LogP contribution is 2.36.